The number of carbonyl (C=O) groups excluding carboxylic acids is 1. The molecule has 1 atom stereocenters. The first-order chi connectivity index (χ1) is 11.6. The summed E-state index contributed by atoms with van der Waals surface area (Å²) < 4.78 is 10.5. The number of nitrogens with zero attached hydrogens (tertiary/aromatic N) is 2. The summed E-state index contributed by atoms with van der Waals surface area (Å²) in [4.78, 5) is 12.0. The van der Waals surface area contributed by atoms with E-state index >= 15 is 0 Å². The maximum absolute atomic E-state index is 12.0. The predicted octanol–water partition coefficient (Wildman–Crippen LogP) is 2.77. The van der Waals surface area contributed by atoms with E-state index in [1.54, 1.807) is 38.5 Å². The van der Waals surface area contributed by atoms with Gasteiger partial charge < -0.3 is 20.1 Å². The third kappa shape index (κ3) is 4.34. The summed E-state index contributed by atoms with van der Waals surface area (Å²) in [6.07, 6.45) is 0.859. The van der Waals surface area contributed by atoms with Crippen LogP contribution in [0.25, 0.3) is 0 Å². The molecule has 0 saturated carbocycles. The summed E-state index contributed by atoms with van der Waals surface area (Å²) in [5.74, 6) is 1.56. The molecular weight excluding hydrogens is 308 g/mol. The average molecular weight is 330 g/mol. The van der Waals surface area contributed by atoms with Crippen molar-refractivity contribution >= 4 is 17.4 Å². The zero-order valence-electron chi connectivity index (χ0n) is 14.3. The number of anilines is 2. The third-order valence-corrected chi connectivity index (χ3v) is 3.54. The molecule has 0 aliphatic heterocycles. The topological polar surface area (TPSA) is 85.4 Å². The molecular formula is C17H22N4O3. The van der Waals surface area contributed by atoms with Crippen LogP contribution in [-0.4, -0.2) is 36.4 Å². The first-order valence-corrected chi connectivity index (χ1v) is 7.71. The Morgan fingerprint density at radius 3 is 2.46 bits per heavy atom. The third-order valence-electron chi connectivity index (χ3n) is 3.54. The first kappa shape index (κ1) is 17.5. The number of amides is 1. The van der Waals surface area contributed by atoms with Crippen molar-refractivity contribution < 1.29 is 14.3 Å². The number of ether oxygens (including phenoxy) is 2. The van der Waals surface area contributed by atoms with Gasteiger partial charge in [-0.2, -0.15) is 0 Å². The summed E-state index contributed by atoms with van der Waals surface area (Å²) in [5.41, 5.74) is 1.06. The highest BCUT2D eigenvalue weighted by Crippen LogP contribution is 2.30. The highest BCUT2D eigenvalue weighted by molar-refractivity contribution is 5.92. The second-order valence-electron chi connectivity index (χ2n) is 5.28. The largest absolute Gasteiger partial charge is 0.493 e. The van der Waals surface area contributed by atoms with Crippen molar-refractivity contribution in [2.45, 2.75) is 26.3 Å². The lowest BCUT2D eigenvalue weighted by Gasteiger charge is -2.12. The molecule has 0 radical (unpaired) electrons. The molecule has 0 bridgehead atoms. The molecule has 0 aliphatic rings. The number of rotatable bonds is 7. The van der Waals surface area contributed by atoms with Crippen LogP contribution in [0, 0.1) is 0 Å². The molecule has 0 saturated heterocycles. The quantitative estimate of drug-likeness (QED) is 0.812. The molecule has 7 nitrogen and oxygen atoms in total. The summed E-state index contributed by atoms with van der Waals surface area (Å²) in [6, 6.07) is 8.87. The van der Waals surface area contributed by atoms with Gasteiger partial charge in [0, 0.05) is 17.8 Å². The van der Waals surface area contributed by atoms with Crippen LogP contribution in [0.3, 0.4) is 0 Å². The number of aromatic nitrogens is 2. The van der Waals surface area contributed by atoms with Crippen LogP contribution in [0.15, 0.2) is 30.3 Å². The van der Waals surface area contributed by atoms with E-state index < -0.39 is 0 Å². The zero-order valence-corrected chi connectivity index (χ0v) is 14.3. The lowest BCUT2D eigenvalue weighted by molar-refractivity contribution is 0.0933. The minimum absolute atomic E-state index is 0.101. The van der Waals surface area contributed by atoms with Gasteiger partial charge in [0.25, 0.3) is 5.91 Å². The van der Waals surface area contributed by atoms with Crippen LogP contribution in [0.2, 0.25) is 0 Å². The van der Waals surface area contributed by atoms with Gasteiger partial charge in [-0.25, -0.2) is 0 Å². The maximum atomic E-state index is 12.0. The standard InChI is InChI=1S/C17H22N4O3/c1-5-11(2)18-17(22)13-7-9-16(21-20-13)19-12-6-8-14(23-3)15(10-12)24-4/h6-11H,5H2,1-4H3,(H,18,22)(H,19,21). The Kier molecular flexibility index (Phi) is 5.95. The number of hydrogen-bond donors (Lipinski definition) is 2. The fourth-order valence-corrected chi connectivity index (χ4v) is 1.98. The monoisotopic (exact) mass is 330 g/mol. The number of methoxy groups -OCH3 is 2. The van der Waals surface area contributed by atoms with Gasteiger partial charge in [0.15, 0.2) is 23.0 Å². The smallest absolute Gasteiger partial charge is 0.272 e. The molecule has 24 heavy (non-hydrogen) atoms. The summed E-state index contributed by atoms with van der Waals surface area (Å²) in [6.45, 7) is 3.95. The second kappa shape index (κ2) is 8.14. The molecule has 2 N–H and O–H groups in total. The fraction of sp³-hybridized carbons (Fsp3) is 0.353. The fourth-order valence-electron chi connectivity index (χ4n) is 1.98. The minimum atomic E-state index is -0.227. The maximum Gasteiger partial charge on any atom is 0.272 e. The molecule has 2 aromatic rings. The van der Waals surface area contributed by atoms with Crippen molar-refractivity contribution in [3.63, 3.8) is 0 Å². The summed E-state index contributed by atoms with van der Waals surface area (Å²) in [7, 11) is 3.16. The minimum Gasteiger partial charge on any atom is -0.493 e. The SMILES string of the molecule is CCC(C)NC(=O)c1ccc(Nc2ccc(OC)c(OC)c2)nn1. The van der Waals surface area contributed by atoms with Crippen LogP contribution in [0.4, 0.5) is 11.5 Å². The lowest BCUT2D eigenvalue weighted by Crippen LogP contribution is -2.32. The van der Waals surface area contributed by atoms with Crippen molar-refractivity contribution in [3.8, 4) is 11.5 Å². The summed E-state index contributed by atoms with van der Waals surface area (Å²) in [5, 5.41) is 13.9. The number of carbonyl (C=O) groups is 1. The molecule has 1 heterocycles. The van der Waals surface area contributed by atoms with E-state index in [9.17, 15) is 4.79 Å². The van der Waals surface area contributed by atoms with Gasteiger partial charge in [-0.3, -0.25) is 4.79 Å². The highest BCUT2D eigenvalue weighted by atomic mass is 16.5. The Bertz CT molecular complexity index is 689. The molecule has 7 heteroatoms. The average Bonchev–Trinajstić information content (AvgIpc) is 2.61. The molecule has 2 rings (SSSR count). The Morgan fingerprint density at radius 1 is 1.12 bits per heavy atom. The van der Waals surface area contributed by atoms with Crippen LogP contribution in [0.1, 0.15) is 30.8 Å². The van der Waals surface area contributed by atoms with Gasteiger partial charge in [0.05, 0.1) is 14.2 Å². The van der Waals surface area contributed by atoms with Crippen LogP contribution >= 0.6 is 0 Å². The van der Waals surface area contributed by atoms with Gasteiger partial charge in [-0.05, 0) is 37.6 Å². The zero-order chi connectivity index (χ0) is 17.5. The molecule has 1 amide bonds. The Labute approximate surface area is 141 Å². The van der Waals surface area contributed by atoms with Crippen molar-refractivity contribution in [2.24, 2.45) is 0 Å². The molecule has 1 unspecified atom stereocenters. The van der Waals surface area contributed by atoms with Gasteiger partial charge >= 0.3 is 0 Å². The van der Waals surface area contributed by atoms with Gasteiger partial charge in [0.1, 0.15) is 0 Å². The molecule has 0 aliphatic carbocycles. The molecule has 128 valence electrons. The molecule has 0 fully saturated rings. The van der Waals surface area contributed by atoms with Crippen molar-refractivity contribution in [2.75, 3.05) is 19.5 Å². The van der Waals surface area contributed by atoms with E-state index in [0.29, 0.717) is 17.3 Å². The van der Waals surface area contributed by atoms with Crippen LogP contribution < -0.4 is 20.1 Å². The van der Waals surface area contributed by atoms with E-state index in [4.69, 9.17) is 9.47 Å². The van der Waals surface area contributed by atoms with Crippen LogP contribution in [0.5, 0.6) is 11.5 Å². The highest BCUT2D eigenvalue weighted by Gasteiger charge is 2.11. The van der Waals surface area contributed by atoms with Crippen LogP contribution in [-0.2, 0) is 0 Å². The van der Waals surface area contributed by atoms with Crippen molar-refractivity contribution in [3.05, 3.63) is 36.0 Å². The van der Waals surface area contributed by atoms with Gasteiger partial charge in [-0.15, -0.1) is 10.2 Å². The first-order valence-electron chi connectivity index (χ1n) is 7.71. The predicted molar refractivity (Wildman–Crippen MR) is 92.1 cm³/mol. The van der Waals surface area contributed by atoms with Crippen molar-refractivity contribution in [1.29, 1.82) is 0 Å². The van der Waals surface area contributed by atoms with Crippen molar-refractivity contribution in [1.82, 2.24) is 15.5 Å². The van der Waals surface area contributed by atoms with E-state index in [1.807, 2.05) is 19.9 Å². The Morgan fingerprint density at radius 2 is 1.88 bits per heavy atom. The Hall–Kier alpha value is -2.83. The normalized spacial score (nSPS) is 11.5. The van der Waals surface area contributed by atoms with E-state index in [0.717, 1.165) is 12.1 Å². The lowest BCUT2D eigenvalue weighted by atomic mass is 10.2. The van der Waals surface area contributed by atoms with E-state index in [-0.39, 0.29) is 17.6 Å². The number of hydrogen-bond acceptors (Lipinski definition) is 6. The molecule has 0 spiro atoms. The second-order valence-corrected chi connectivity index (χ2v) is 5.28. The van der Waals surface area contributed by atoms with E-state index in [1.165, 1.54) is 0 Å². The number of nitrogens with one attached hydrogen (secondary N) is 2. The molecule has 1 aromatic carbocycles. The number of benzene rings is 1. The van der Waals surface area contributed by atoms with Gasteiger partial charge in [0.2, 0.25) is 0 Å². The molecule has 1 aromatic heterocycles. The van der Waals surface area contributed by atoms with Gasteiger partial charge in [-0.1, -0.05) is 6.92 Å². The van der Waals surface area contributed by atoms with E-state index in [2.05, 4.69) is 20.8 Å². The Balaban J connectivity index is 2.07. The summed E-state index contributed by atoms with van der Waals surface area (Å²) >= 11 is 0.